The molecule has 1 aromatic rings. The molecule has 4 bridgehead atoms. The minimum Gasteiger partial charge on any atom is -0.355 e. The van der Waals surface area contributed by atoms with Crippen LogP contribution in [0, 0.1) is 37.0 Å². The first-order valence-corrected chi connectivity index (χ1v) is 11.6. The van der Waals surface area contributed by atoms with E-state index in [1.165, 1.54) is 24.2 Å². The zero-order valence-corrected chi connectivity index (χ0v) is 19.0. The normalized spacial score (nSPS) is 28.3. The van der Waals surface area contributed by atoms with Crippen molar-refractivity contribution in [3.8, 4) is 0 Å². The maximum absolute atomic E-state index is 13.0. The van der Waals surface area contributed by atoms with E-state index in [1.54, 1.807) is 7.05 Å². The Morgan fingerprint density at radius 1 is 1.00 bits per heavy atom. The van der Waals surface area contributed by atoms with E-state index >= 15 is 0 Å². The summed E-state index contributed by atoms with van der Waals surface area (Å²) in [6, 6.07) is 5.85. The van der Waals surface area contributed by atoms with Gasteiger partial charge in [0.25, 0.3) is 0 Å². The number of carbonyl (C=O) groups excluding carboxylic acids is 3. The summed E-state index contributed by atoms with van der Waals surface area (Å²) in [5.41, 5.74) is 2.61. The van der Waals surface area contributed by atoms with Crippen molar-refractivity contribution in [2.75, 3.05) is 25.5 Å². The van der Waals surface area contributed by atoms with Gasteiger partial charge in [0.2, 0.25) is 17.7 Å². The summed E-state index contributed by atoms with van der Waals surface area (Å²) >= 11 is 0. The molecule has 6 nitrogen and oxygen atoms in total. The number of nitrogens with zero attached hydrogens (tertiary/aromatic N) is 1. The highest BCUT2D eigenvalue weighted by Gasteiger charge is 2.54. The molecule has 3 amide bonds. The van der Waals surface area contributed by atoms with Crippen molar-refractivity contribution in [1.29, 1.82) is 0 Å². The van der Waals surface area contributed by atoms with Gasteiger partial charge in [0, 0.05) is 31.1 Å². The van der Waals surface area contributed by atoms with Gasteiger partial charge >= 0.3 is 0 Å². The Kier molecular flexibility index (Phi) is 6.09. The number of rotatable bonds is 7. The van der Waals surface area contributed by atoms with Crippen molar-refractivity contribution in [2.24, 2.45) is 23.2 Å². The van der Waals surface area contributed by atoms with Crippen LogP contribution < -0.4 is 10.6 Å². The number of amides is 3. The van der Waals surface area contributed by atoms with Crippen LogP contribution in [0.2, 0.25) is 0 Å². The van der Waals surface area contributed by atoms with E-state index in [0.717, 1.165) is 53.8 Å². The molecule has 0 spiro atoms. The van der Waals surface area contributed by atoms with E-state index in [-0.39, 0.29) is 36.1 Å². The van der Waals surface area contributed by atoms with Gasteiger partial charge in [-0.1, -0.05) is 18.2 Å². The zero-order chi connectivity index (χ0) is 22.2. The van der Waals surface area contributed by atoms with Crippen LogP contribution in [0.5, 0.6) is 0 Å². The third kappa shape index (κ3) is 4.63. The molecule has 4 aliphatic carbocycles. The highest BCUT2D eigenvalue weighted by Crippen LogP contribution is 2.60. The number of anilines is 1. The Balaban J connectivity index is 1.22. The number of carbonyl (C=O) groups is 3. The fourth-order valence-electron chi connectivity index (χ4n) is 6.54. The molecule has 168 valence electrons. The first kappa shape index (κ1) is 21.8. The summed E-state index contributed by atoms with van der Waals surface area (Å²) in [7, 11) is 1.63. The number of hydrogen-bond donors (Lipinski definition) is 2. The molecule has 31 heavy (non-hydrogen) atoms. The van der Waals surface area contributed by atoms with Crippen LogP contribution in [0.4, 0.5) is 5.69 Å². The maximum atomic E-state index is 13.0. The van der Waals surface area contributed by atoms with E-state index in [9.17, 15) is 14.4 Å². The molecule has 0 radical (unpaired) electrons. The van der Waals surface area contributed by atoms with Crippen LogP contribution >= 0.6 is 0 Å². The lowest BCUT2D eigenvalue weighted by Crippen LogP contribution is -2.53. The van der Waals surface area contributed by atoms with Gasteiger partial charge in [-0.25, -0.2) is 0 Å². The van der Waals surface area contributed by atoms with Gasteiger partial charge in [-0.05, 0) is 81.3 Å². The minimum atomic E-state index is -0.217. The molecular formula is C25H35N3O3. The second-order valence-electron chi connectivity index (χ2n) is 10.3. The summed E-state index contributed by atoms with van der Waals surface area (Å²) in [4.78, 5) is 39.3. The van der Waals surface area contributed by atoms with Crippen molar-refractivity contribution in [2.45, 2.75) is 58.8 Å². The molecule has 6 heteroatoms. The van der Waals surface area contributed by atoms with Crippen molar-refractivity contribution in [3.05, 3.63) is 29.3 Å². The summed E-state index contributed by atoms with van der Waals surface area (Å²) in [5, 5.41) is 5.96. The Bertz CT molecular complexity index is 823. The van der Waals surface area contributed by atoms with Crippen LogP contribution in [0.15, 0.2) is 18.2 Å². The van der Waals surface area contributed by atoms with Gasteiger partial charge in [0.15, 0.2) is 0 Å². The second kappa shape index (κ2) is 8.64. The molecule has 4 aliphatic rings. The van der Waals surface area contributed by atoms with E-state index < -0.39 is 0 Å². The van der Waals surface area contributed by atoms with Gasteiger partial charge < -0.3 is 15.5 Å². The first-order valence-electron chi connectivity index (χ1n) is 11.6. The number of benzene rings is 1. The molecule has 4 saturated carbocycles. The van der Waals surface area contributed by atoms with Gasteiger partial charge in [-0.15, -0.1) is 0 Å². The average molecular weight is 426 g/mol. The lowest BCUT2D eigenvalue weighted by molar-refractivity contribution is -0.146. The quantitative estimate of drug-likeness (QED) is 0.703. The largest absolute Gasteiger partial charge is 0.355 e. The van der Waals surface area contributed by atoms with Crippen molar-refractivity contribution >= 4 is 23.4 Å². The molecule has 5 rings (SSSR count). The van der Waals surface area contributed by atoms with Gasteiger partial charge in [0.05, 0.1) is 6.54 Å². The average Bonchev–Trinajstić information content (AvgIpc) is 2.69. The van der Waals surface area contributed by atoms with Crippen molar-refractivity contribution in [3.63, 3.8) is 0 Å². The predicted octanol–water partition coefficient (Wildman–Crippen LogP) is 3.42. The summed E-state index contributed by atoms with van der Waals surface area (Å²) in [6.45, 7) is 4.23. The number of likely N-dealkylation sites (N-methyl/N-ethyl adjacent to an activating group) is 1. The Morgan fingerprint density at radius 3 is 2.10 bits per heavy atom. The topological polar surface area (TPSA) is 78.5 Å². The molecule has 0 unspecified atom stereocenters. The molecule has 0 aliphatic heterocycles. The summed E-state index contributed by atoms with van der Waals surface area (Å²) in [6.07, 6.45) is 7.20. The Labute approximate surface area is 185 Å². The Hall–Kier alpha value is -2.37. The lowest BCUT2D eigenvalue weighted by Gasteiger charge is -2.55. The first-order chi connectivity index (χ1) is 14.8. The van der Waals surface area contributed by atoms with Crippen molar-refractivity contribution < 1.29 is 14.4 Å². The van der Waals surface area contributed by atoms with Crippen LogP contribution in [-0.2, 0) is 14.4 Å². The third-order valence-corrected chi connectivity index (χ3v) is 7.70. The third-order valence-electron chi connectivity index (χ3n) is 7.70. The smallest absolute Gasteiger partial charge is 0.243 e. The number of nitrogens with one attached hydrogen (secondary N) is 2. The summed E-state index contributed by atoms with van der Waals surface area (Å²) in [5.74, 6) is 1.96. The zero-order valence-electron chi connectivity index (χ0n) is 19.0. The SMILES string of the molecule is Cc1cccc(C)c1NC(=O)CN(C)C(=O)CCNC(=O)C12CC3CC(CC(C3)C1)C2. The van der Waals surface area contributed by atoms with Crippen LogP contribution in [0.1, 0.15) is 56.1 Å². The van der Waals surface area contributed by atoms with Crippen molar-refractivity contribution in [1.82, 2.24) is 10.2 Å². The molecule has 0 aromatic heterocycles. The maximum Gasteiger partial charge on any atom is 0.243 e. The molecule has 0 heterocycles. The van der Waals surface area contributed by atoms with E-state index in [2.05, 4.69) is 10.6 Å². The molecule has 2 N–H and O–H groups in total. The van der Waals surface area contributed by atoms with E-state index in [4.69, 9.17) is 0 Å². The van der Waals surface area contributed by atoms with Crippen LogP contribution in [0.25, 0.3) is 0 Å². The standard InChI is InChI=1S/C25H35N3O3/c1-16-5-4-6-17(2)23(16)27-21(29)15-28(3)22(30)7-8-26-24(31)25-12-18-9-19(13-25)11-20(10-18)14-25/h4-6,18-20H,7-15H2,1-3H3,(H,26,31)(H,27,29). The van der Waals surface area contributed by atoms with Crippen LogP contribution in [0.3, 0.4) is 0 Å². The monoisotopic (exact) mass is 425 g/mol. The lowest BCUT2D eigenvalue weighted by atomic mass is 9.49. The second-order valence-corrected chi connectivity index (χ2v) is 10.3. The molecule has 0 saturated heterocycles. The number of hydrogen-bond acceptors (Lipinski definition) is 3. The molecule has 0 atom stereocenters. The molecular weight excluding hydrogens is 390 g/mol. The molecule has 4 fully saturated rings. The van der Waals surface area contributed by atoms with Gasteiger partial charge in [-0.3, -0.25) is 14.4 Å². The highest BCUT2D eigenvalue weighted by atomic mass is 16.2. The van der Waals surface area contributed by atoms with Crippen LogP contribution in [-0.4, -0.2) is 42.8 Å². The summed E-state index contributed by atoms with van der Waals surface area (Å²) < 4.78 is 0. The highest BCUT2D eigenvalue weighted by molar-refractivity contribution is 5.95. The van der Waals surface area contributed by atoms with Gasteiger partial charge in [0.1, 0.15) is 0 Å². The van der Waals surface area contributed by atoms with E-state index in [1.807, 2.05) is 32.0 Å². The van der Waals surface area contributed by atoms with E-state index in [0.29, 0.717) is 6.54 Å². The number of aryl methyl sites for hydroxylation is 2. The fourth-order valence-corrected chi connectivity index (χ4v) is 6.54. The number of para-hydroxylation sites is 1. The Morgan fingerprint density at radius 2 is 1.55 bits per heavy atom. The van der Waals surface area contributed by atoms with Gasteiger partial charge in [-0.2, -0.15) is 0 Å². The predicted molar refractivity (Wildman–Crippen MR) is 120 cm³/mol. The fraction of sp³-hybridized carbons (Fsp3) is 0.640. The minimum absolute atomic E-state index is 0.00443. The molecule has 1 aromatic carbocycles.